The number of carboxylic acids is 1. The molecule has 0 spiro atoms. The van der Waals surface area contributed by atoms with Gasteiger partial charge in [0.05, 0.1) is 6.04 Å². The molecular formula is C20H22ClNO4. The molecule has 0 radical (unpaired) electrons. The molecule has 1 heterocycles. The summed E-state index contributed by atoms with van der Waals surface area (Å²) in [5, 5.41) is 10.3. The number of hydrogen-bond acceptors (Lipinski definition) is 4. The van der Waals surface area contributed by atoms with Gasteiger partial charge in [0.15, 0.2) is 0 Å². The van der Waals surface area contributed by atoms with Crippen molar-refractivity contribution < 1.29 is 19.1 Å². The number of benzene rings is 2. The first-order valence-electron chi connectivity index (χ1n) is 8.20. The average Bonchev–Trinajstić information content (AvgIpc) is 3.05. The van der Waals surface area contributed by atoms with Gasteiger partial charge in [-0.15, -0.1) is 12.4 Å². The van der Waals surface area contributed by atoms with Crippen LogP contribution in [0.4, 0.5) is 0 Å². The van der Waals surface area contributed by atoms with Crippen LogP contribution in [0.25, 0.3) is 11.0 Å². The number of hydrogen-bond donors (Lipinski definition) is 1. The van der Waals surface area contributed by atoms with Gasteiger partial charge < -0.3 is 14.3 Å². The number of aromatic carboxylic acids is 1. The largest absolute Gasteiger partial charge is 0.491 e. The summed E-state index contributed by atoms with van der Waals surface area (Å²) in [6.07, 6.45) is 0. The Morgan fingerprint density at radius 2 is 1.88 bits per heavy atom. The van der Waals surface area contributed by atoms with Gasteiger partial charge in [0, 0.05) is 11.9 Å². The smallest absolute Gasteiger partial charge is 0.339 e. The molecule has 0 aliphatic rings. The van der Waals surface area contributed by atoms with Gasteiger partial charge in [-0.1, -0.05) is 30.3 Å². The number of para-hydroxylation sites is 2. The topological polar surface area (TPSA) is 62.9 Å². The molecule has 1 atom stereocenters. The standard InChI is InChI=1S/C20H21NO4.ClH/c1-14(19-13-15-7-3-5-9-17(15)25-19)21(2)11-12-24-18-10-6-4-8-16(18)20(22)23;/h3-10,13-14H,11-12H2,1-2H3,(H,22,23);1H. The third-order valence-corrected chi connectivity index (χ3v) is 4.34. The maximum absolute atomic E-state index is 11.2. The molecule has 0 aliphatic heterocycles. The fourth-order valence-electron chi connectivity index (χ4n) is 2.69. The normalized spacial score (nSPS) is 12.0. The molecule has 0 fully saturated rings. The molecule has 1 aromatic heterocycles. The summed E-state index contributed by atoms with van der Waals surface area (Å²) in [7, 11) is 1.99. The Hall–Kier alpha value is -2.50. The SMILES string of the molecule is CC(c1cc2ccccc2o1)N(C)CCOc1ccccc1C(=O)O.Cl. The lowest BCUT2D eigenvalue weighted by Gasteiger charge is -2.23. The third kappa shape index (κ3) is 4.36. The van der Waals surface area contributed by atoms with Crippen molar-refractivity contribution in [3.63, 3.8) is 0 Å². The maximum atomic E-state index is 11.2. The third-order valence-electron chi connectivity index (χ3n) is 4.34. The van der Waals surface area contributed by atoms with Crippen LogP contribution in [0.5, 0.6) is 5.75 Å². The highest BCUT2D eigenvalue weighted by atomic mass is 35.5. The molecule has 5 nitrogen and oxygen atoms in total. The molecule has 0 saturated carbocycles. The van der Waals surface area contributed by atoms with Crippen LogP contribution in [0.1, 0.15) is 29.1 Å². The van der Waals surface area contributed by atoms with Crippen LogP contribution < -0.4 is 4.74 Å². The number of carbonyl (C=O) groups is 1. The van der Waals surface area contributed by atoms with E-state index in [2.05, 4.69) is 17.9 Å². The molecule has 0 bridgehead atoms. The van der Waals surface area contributed by atoms with Crippen LogP contribution in [-0.2, 0) is 0 Å². The van der Waals surface area contributed by atoms with Crippen molar-refractivity contribution >= 4 is 29.3 Å². The number of furan rings is 1. The lowest BCUT2D eigenvalue weighted by Crippen LogP contribution is -2.27. The second kappa shape index (κ2) is 8.74. The fraction of sp³-hybridized carbons (Fsp3) is 0.250. The lowest BCUT2D eigenvalue weighted by atomic mass is 10.2. The summed E-state index contributed by atoms with van der Waals surface area (Å²) >= 11 is 0. The summed E-state index contributed by atoms with van der Waals surface area (Å²) in [5.74, 6) is 0.300. The molecule has 0 amide bonds. The van der Waals surface area contributed by atoms with Crippen molar-refractivity contribution in [1.29, 1.82) is 0 Å². The number of ether oxygens (including phenoxy) is 1. The van der Waals surface area contributed by atoms with E-state index >= 15 is 0 Å². The van der Waals surface area contributed by atoms with Gasteiger partial charge in [0.2, 0.25) is 0 Å². The summed E-state index contributed by atoms with van der Waals surface area (Å²) in [4.78, 5) is 13.3. The predicted octanol–water partition coefficient (Wildman–Crippen LogP) is 4.62. The molecule has 6 heteroatoms. The molecule has 3 rings (SSSR count). The van der Waals surface area contributed by atoms with Gasteiger partial charge >= 0.3 is 5.97 Å². The number of rotatable bonds is 7. The van der Waals surface area contributed by atoms with Crippen LogP contribution >= 0.6 is 12.4 Å². The highest BCUT2D eigenvalue weighted by molar-refractivity contribution is 5.90. The van der Waals surface area contributed by atoms with E-state index < -0.39 is 5.97 Å². The number of halogens is 1. The van der Waals surface area contributed by atoms with Crippen LogP contribution in [0.2, 0.25) is 0 Å². The van der Waals surface area contributed by atoms with Gasteiger partial charge in [-0.3, -0.25) is 4.90 Å². The second-order valence-electron chi connectivity index (χ2n) is 5.99. The minimum atomic E-state index is -0.986. The van der Waals surface area contributed by atoms with Crippen molar-refractivity contribution in [2.24, 2.45) is 0 Å². The van der Waals surface area contributed by atoms with Gasteiger partial charge in [-0.2, -0.15) is 0 Å². The van der Waals surface area contributed by atoms with Gasteiger partial charge in [-0.25, -0.2) is 4.79 Å². The Balaban J connectivity index is 0.00000243. The first-order valence-corrected chi connectivity index (χ1v) is 8.20. The van der Waals surface area contributed by atoms with Gasteiger partial charge in [0.1, 0.15) is 29.3 Å². The highest BCUT2D eigenvalue weighted by Crippen LogP contribution is 2.26. The fourth-order valence-corrected chi connectivity index (χ4v) is 2.69. The van der Waals surface area contributed by atoms with E-state index in [1.165, 1.54) is 0 Å². The minimum absolute atomic E-state index is 0. The summed E-state index contributed by atoms with van der Waals surface area (Å²) in [6.45, 7) is 3.11. The van der Waals surface area contributed by atoms with Crippen LogP contribution in [0.3, 0.4) is 0 Å². The van der Waals surface area contributed by atoms with Crippen LogP contribution in [0.15, 0.2) is 59.0 Å². The first-order chi connectivity index (χ1) is 12.1. The van der Waals surface area contributed by atoms with E-state index in [1.807, 2.05) is 31.3 Å². The zero-order valence-corrected chi connectivity index (χ0v) is 15.5. The van der Waals surface area contributed by atoms with Gasteiger partial charge in [0.25, 0.3) is 0 Å². The zero-order chi connectivity index (χ0) is 17.8. The van der Waals surface area contributed by atoms with E-state index in [4.69, 9.17) is 9.15 Å². The van der Waals surface area contributed by atoms with Crippen molar-refractivity contribution in [2.75, 3.05) is 20.2 Å². The molecule has 1 N–H and O–H groups in total. The van der Waals surface area contributed by atoms with Gasteiger partial charge in [-0.05, 0) is 38.2 Å². The Morgan fingerprint density at radius 3 is 2.62 bits per heavy atom. The highest BCUT2D eigenvalue weighted by Gasteiger charge is 2.17. The van der Waals surface area contributed by atoms with Crippen LogP contribution in [-0.4, -0.2) is 36.2 Å². The Labute approximate surface area is 158 Å². The summed E-state index contributed by atoms with van der Waals surface area (Å²) < 4.78 is 11.6. The Morgan fingerprint density at radius 1 is 1.19 bits per heavy atom. The zero-order valence-electron chi connectivity index (χ0n) is 14.7. The summed E-state index contributed by atoms with van der Waals surface area (Å²) in [6, 6.07) is 16.7. The molecular weight excluding hydrogens is 354 g/mol. The summed E-state index contributed by atoms with van der Waals surface area (Å²) in [5.41, 5.74) is 1.06. The molecule has 0 aliphatic carbocycles. The maximum Gasteiger partial charge on any atom is 0.339 e. The lowest BCUT2D eigenvalue weighted by molar-refractivity contribution is 0.0691. The van der Waals surface area contributed by atoms with Crippen molar-refractivity contribution in [1.82, 2.24) is 4.90 Å². The molecule has 0 saturated heterocycles. The quantitative estimate of drug-likeness (QED) is 0.652. The van der Waals surface area contributed by atoms with E-state index in [-0.39, 0.29) is 24.0 Å². The number of carboxylic acid groups (broad SMARTS) is 1. The number of fused-ring (bicyclic) bond motifs is 1. The number of likely N-dealkylation sites (N-methyl/N-ethyl adjacent to an activating group) is 1. The Kier molecular flexibility index (Phi) is 6.66. The minimum Gasteiger partial charge on any atom is -0.491 e. The van der Waals surface area contributed by atoms with E-state index in [0.717, 1.165) is 16.7 Å². The van der Waals surface area contributed by atoms with Crippen LogP contribution in [0, 0.1) is 0 Å². The molecule has 138 valence electrons. The first kappa shape index (κ1) is 19.8. The number of nitrogens with zero attached hydrogens (tertiary/aromatic N) is 1. The van der Waals surface area contributed by atoms with E-state index in [9.17, 15) is 9.90 Å². The van der Waals surface area contributed by atoms with Crippen molar-refractivity contribution in [3.05, 3.63) is 65.9 Å². The Bertz CT molecular complexity index is 844. The monoisotopic (exact) mass is 375 g/mol. The molecule has 3 aromatic rings. The van der Waals surface area contributed by atoms with E-state index in [1.54, 1.807) is 24.3 Å². The predicted molar refractivity (Wildman–Crippen MR) is 103 cm³/mol. The van der Waals surface area contributed by atoms with E-state index in [0.29, 0.717) is 18.9 Å². The van der Waals surface area contributed by atoms with Crippen molar-refractivity contribution in [2.45, 2.75) is 13.0 Å². The molecule has 26 heavy (non-hydrogen) atoms. The molecule has 2 aromatic carbocycles. The second-order valence-corrected chi connectivity index (χ2v) is 5.99. The average molecular weight is 376 g/mol. The van der Waals surface area contributed by atoms with Crippen molar-refractivity contribution in [3.8, 4) is 5.75 Å². The molecule has 1 unspecified atom stereocenters.